The highest BCUT2D eigenvalue weighted by atomic mass is 16.7. The monoisotopic (exact) mass is 326 g/mol. The summed E-state index contributed by atoms with van der Waals surface area (Å²) in [5.41, 5.74) is 1.32. The molecule has 0 radical (unpaired) electrons. The molecule has 1 heterocycles. The predicted molar refractivity (Wildman–Crippen MR) is 87.3 cm³/mol. The molecule has 2 aromatic carbocycles. The molecule has 1 atom stereocenters. The molecule has 0 aromatic heterocycles. The van der Waals surface area contributed by atoms with Crippen LogP contribution in [0.3, 0.4) is 0 Å². The molecular weight excluding hydrogens is 308 g/mol. The van der Waals surface area contributed by atoms with Gasteiger partial charge in [0.15, 0.2) is 23.9 Å². The van der Waals surface area contributed by atoms with Gasteiger partial charge in [-0.3, -0.25) is 9.59 Å². The molecule has 0 unspecified atom stereocenters. The van der Waals surface area contributed by atoms with Gasteiger partial charge in [0, 0.05) is 5.56 Å². The molecule has 5 nitrogen and oxygen atoms in total. The fourth-order valence-electron chi connectivity index (χ4n) is 2.61. The van der Waals surface area contributed by atoms with Gasteiger partial charge in [0.2, 0.25) is 6.79 Å². The number of fused-ring (bicyclic) bond motifs is 1. The zero-order valence-electron chi connectivity index (χ0n) is 13.4. The maximum absolute atomic E-state index is 12.3. The number of benzene rings is 2. The number of carbonyl (C=O) groups is 2. The lowest BCUT2D eigenvalue weighted by Crippen LogP contribution is -2.19. The second-order valence-corrected chi connectivity index (χ2v) is 5.47. The summed E-state index contributed by atoms with van der Waals surface area (Å²) in [5, 5.41) is 0. The first-order chi connectivity index (χ1) is 11.7. The number of ether oxygens (including phenoxy) is 3. The number of hydrogen-bond donors (Lipinski definition) is 0. The van der Waals surface area contributed by atoms with E-state index in [9.17, 15) is 9.59 Å². The van der Waals surface area contributed by atoms with Crippen LogP contribution in [-0.4, -0.2) is 25.2 Å². The standard InChI is InChI=1S/C19H18O5/c1-2-15(13-6-4-3-5-7-13)19(21)22-11-16(20)14-8-9-17-18(10-14)24-12-23-17/h3-10,15H,2,11-12H2,1H3/t15-/m1/s1. The van der Waals surface area contributed by atoms with Crippen molar-refractivity contribution in [1.29, 1.82) is 0 Å². The van der Waals surface area contributed by atoms with Crippen LogP contribution in [0.15, 0.2) is 48.5 Å². The lowest BCUT2D eigenvalue weighted by molar-refractivity contribution is -0.144. The molecule has 0 saturated heterocycles. The highest BCUT2D eigenvalue weighted by molar-refractivity contribution is 5.98. The molecule has 0 aliphatic carbocycles. The van der Waals surface area contributed by atoms with Gasteiger partial charge in [0.1, 0.15) is 0 Å². The van der Waals surface area contributed by atoms with Crippen molar-refractivity contribution in [2.24, 2.45) is 0 Å². The Hall–Kier alpha value is -2.82. The number of carbonyl (C=O) groups excluding carboxylic acids is 2. The van der Waals surface area contributed by atoms with Crippen LogP contribution in [0.2, 0.25) is 0 Å². The number of Topliss-reactive ketones (excluding diaryl/α,β-unsaturated/α-hetero) is 1. The summed E-state index contributed by atoms with van der Waals surface area (Å²) in [6.45, 7) is 1.78. The van der Waals surface area contributed by atoms with Crippen molar-refractivity contribution in [1.82, 2.24) is 0 Å². The van der Waals surface area contributed by atoms with E-state index in [-0.39, 0.29) is 25.1 Å². The minimum Gasteiger partial charge on any atom is -0.457 e. The van der Waals surface area contributed by atoms with Crippen LogP contribution >= 0.6 is 0 Å². The molecule has 0 amide bonds. The van der Waals surface area contributed by atoms with Crippen LogP contribution in [0.25, 0.3) is 0 Å². The zero-order valence-corrected chi connectivity index (χ0v) is 13.4. The highest BCUT2D eigenvalue weighted by Gasteiger charge is 2.22. The Bertz CT molecular complexity index is 739. The van der Waals surface area contributed by atoms with E-state index in [0.717, 1.165) is 5.56 Å². The summed E-state index contributed by atoms with van der Waals surface area (Å²) >= 11 is 0. The van der Waals surface area contributed by atoms with E-state index in [1.807, 2.05) is 37.3 Å². The lowest BCUT2D eigenvalue weighted by Gasteiger charge is -2.14. The summed E-state index contributed by atoms with van der Waals surface area (Å²) in [7, 11) is 0. The summed E-state index contributed by atoms with van der Waals surface area (Å²) in [5.74, 6) is 0.111. The highest BCUT2D eigenvalue weighted by Crippen LogP contribution is 2.32. The first-order valence-electron chi connectivity index (χ1n) is 7.83. The largest absolute Gasteiger partial charge is 0.457 e. The molecule has 5 heteroatoms. The quantitative estimate of drug-likeness (QED) is 0.602. The molecule has 0 saturated carbocycles. The Morgan fingerprint density at radius 3 is 2.58 bits per heavy atom. The van der Waals surface area contributed by atoms with Gasteiger partial charge < -0.3 is 14.2 Å². The maximum Gasteiger partial charge on any atom is 0.313 e. The van der Waals surface area contributed by atoms with Crippen LogP contribution < -0.4 is 9.47 Å². The molecule has 0 fully saturated rings. The average Bonchev–Trinajstić information content (AvgIpc) is 3.09. The first-order valence-corrected chi connectivity index (χ1v) is 7.83. The van der Waals surface area contributed by atoms with Crippen molar-refractivity contribution in [3.63, 3.8) is 0 Å². The van der Waals surface area contributed by atoms with Gasteiger partial charge in [0.05, 0.1) is 5.92 Å². The number of hydrogen-bond acceptors (Lipinski definition) is 5. The minimum atomic E-state index is -0.391. The smallest absolute Gasteiger partial charge is 0.313 e. The normalized spacial score (nSPS) is 13.4. The third kappa shape index (κ3) is 3.40. The second kappa shape index (κ2) is 7.17. The van der Waals surface area contributed by atoms with Crippen LogP contribution in [0.1, 0.15) is 35.2 Å². The molecule has 1 aliphatic rings. The number of rotatable bonds is 6. The average molecular weight is 326 g/mol. The Labute approximate surface area is 140 Å². The Kier molecular flexibility index (Phi) is 4.79. The Morgan fingerprint density at radius 2 is 1.83 bits per heavy atom. The van der Waals surface area contributed by atoms with Crippen LogP contribution in [0.4, 0.5) is 0 Å². The molecule has 124 valence electrons. The molecule has 1 aliphatic heterocycles. The first kappa shape index (κ1) is 16.1. The van der Waals surface area contributed by atoms with E-state index in [4.69, 9.17) is 14.2 Å². The lowest BCUT2D eigenvalue weighted by atomic mass is 9.97. The summed E-state index contributed by atoms with van der Waals surface area (Å²) in [4.78, 5) is 24.5. The molecular formula is C19H18O5. The van der Waals surface area contributed by atoms with E-state index in [2.05, 4.69) is 0 Å². The van der Waals surface area contributed by atoms with E-state index in [1.54, 1.807) is 18.2 Å². The van der Waals surface area contributed by atoms with Crippen LogP contribution in [0, 0.1) is 0 Å². The fraction of sp³-hybridized carbons (Fsp3) is 0.263. The summed E-state index contributed by atoms with van der Waals surface area (Å²) < 4.78 is 15.7. The van der Waals surface area contributed by atoms with Gasteiger partial charge in [0.25, 0.3) is 0 Å². The summed E-state index contributed by atoms with van der Waals surface area (Å²) in [6.07, 6.45) is 0.612. The third-order valence-electron chi connectivity index (χ3n) is 3.93. The second-order valence-electron chi connectivity index (χ2n) is 5.47. The third-order valence-corrected chi connectivity index (χ3v) is 3.93. The molecule has 2 aromatic rings. The van der Waals surface area contributed by atoms with E-state index >= 15 is 0 Å². The fourth-order valence-corrected chi connectivity index (χ4v) is 2.61. The van der Waals surface area contributed by atoms with E-state index in [0.29, 0.717) is 23.5 Å². The van der Waals surface area contributed by atoms with Crippen LogP contribution in [0.5, 0.6) is 11.5 Å². The predicted octanol–water partition coefficient (Wildman–Crippen LogP) is 3.34. The minimum absolute atomic E-state index is 0.150. The van der Waals surface area contributed by atoms with Gasteiger partial charge in [-0.1, -0.05) is 37.3 Å². The van der Waals surface area contributed by atoms with Crippen molar-refractivity contribution in [3.8, 4) is 11.5 Å². The molecule has 0 bridgehead atoms. The van der Waals surface area contributed by atoms with Gasteiger partial charge in [-0.05, 0) is 30.2 Å². The zero-order chi connectivity index (χ0) is 16.9. The van der Waals surface area contributed by atoms with Gasteiger partial charge in [-0.2, -0.15) is 0 Å². The van der Waals surface area contributed by atoms with Crippen LogP contribution in [-0.2, 0) is 9.53 Å². The van der Waals surface area contributed by atoms with Crippen molar-refractivity contribution < 1.29 is 23.8 Å². The SMILES string of the molecule is CC[C@@H](C(=O)OCC(=O)c1ccc2c(c1)OCO2)c1ccccc1. The van der Waals surface area contributed by atoms with Gasteiger partial charge in [-0.25, -0.2) is 0 Å². The molecule has 0 N–H and O–H groups in total. The van der Waals surface area contributed by atoms with Crippen molar-refractivity contribution in [2.45, 2.75) is 19.3 Å². The topological polar surface area (TPSA) is 61.8 Å². The maximum atomic E-state index is 12.3. The van der Waals surface area contributed by atoms with Crippen molar-refractivity contribution in [2.75, 3.05) is 13.4 Å². The Morgan fingerprint density at radius 1 is 1.08 bits per heavy atom. The van der Waals surface area contributed by atoms with E-state index < -0.39 is 5.97 Å². The van der Waals surface area contributed by atoms with Crippen molar-refractivity contribution in [3.05, 3.63) is 59.7 Å². The number of ketones is 1. The van der Waals surface area contributed by atoms with Crippen molar-refractivity contribution >= 4 is 11.8 Å². The van der Waals surface area contributed by atoms with Gasteiger partial charge >= 0.3 is 5.97 Å². The molecule has 24 heavy (non-hydrogen) atoms. The Balaban J connectivity index is 1.62. The summed E-state index contributed by atoms with van der Waals surface area (Å²) in [6, 6.07) is 14.3. The number of esters is 1. The van der Waals surface area contributed by atoms with E-state index in [1.165, 1.54) is 0 Å². The van der Waals surface area contributed by atoms with Gasteiger partial charge in [-0.15, -0.1) is 0 Å². The molecule has 3 rings (SSSR count). The molecule has 0 spiro atoms.